The highest BCUT2D eigenvalue weighted by Crippen LogP contribution is 2.48. The highest BCUT2D eigenvalue weighted by molar-refractivity contribution is 5.91. The zero-order valence-electron chi connectivity index (χ0n) is 15.1. The van der Waals surface area contributed by atoms with E-state index in [0.29, 0.717) is 26.1 Å². The minimum Gasteiger partial charge on any atom is -0.351 e. The van der Waals surface area contributed by atoms with E-state index in [2.05, 4.69) is 10.3 Å². The maximum absolute atomic E-state index is 12.7. The van der Waals surface area contributed by atoms with Gasteiger partial charge in [-0.1, -0.05) is 5.16 Å². The molecular weight excluding hydrogens is 334 g/mol. The summed E-state index contributed by atoms with van der Waals surface area (Å²) in [4.78, 5) is 29.0. The molecule has 2 fully saturated rings. The second-order valence-corrected chi connectivity index (χ2v) is 7.11. The van der Waals surface area contributed by atoms with E-state index in [9.17, 15) is 9.59 Å². The Morgan fingerprint density at radius 2 is 2.15 bits per heavy atom. The molecule has 4 rings (SSSR count). The minimum atomic E-state index is -0.243. The Morgan fingerprint density at radius 3 is 2.73 bits per heavy atom. The van der Waals surface area contributed by atoms with Crippen LogP contribution in [0.15, 0.2) is 29.2 Å². The zero-order chi connectivity index (χ0) is 18.3. The van der Waals surface area contributed by atoms with Gasteiger partial charge in [0.1, 0.15) is 0 Å². The van der Waals surface area contributed by atoms with Crippen molar-refractivity contribution in [3.8, 4) is 0 Å². The fraction of sp³-hybridized carbons (Fsp3) is 0.556. The standard InChI is InChI=1S/C18H23N5O3/c1-3-23-16(24)10-14(13-11-19-21(2)12-13)18(23)5-8-22(9-6-18)17(25)15-4-7-20-26-15/h4,7,11-12,14H,3,5-6,8-10H2,1-2H3. The van der Waals surface area contributed by atoms with Crippen molar-refractivity contribution in [2.45, 2.75) is 37.6 Å². The molecule has 1 unspecified atom stereocenters. The molecule has 138 valence electrons. The summed E-state index contributed by atoms with van der Waals surface area (Å²) in [5.41, 5.74) is 0.861. The average molecular weight is 357 g/mol. The molecule has 0 saturated carbocycles. The van der Waals surface area contributed by atoms with Crippen molar-refractivity contribution in [3.05, 3.63) is 36.0 Å². The van der Waals surface area contributed by atoms with E-state index >= 15 is 0 Å². The summed E-state index contributed by atoms with van der Waals surface area (Å²) in [7, 11) is 1.89. The van der Waals surface area contributed by atoms with Gasteiger partial charge in [0.05, 0.1) is 17.9 Å². The number of carbonyl (C=O) groups is 2. The first-order valence-electron chi connectivity index (χ1n) is 9.04. The van der Waals surface area contributed by atoms with Crippen molar-refractivity contribution in [3.63, 3.8) is 0 Å². The van der Waals surface area contributed by atoms with Crippen LogP contribution in [0.1, 0.15) is 48.2 Å². The van der Waals surface area contributed by atoms with Crippen molar-refractivity contribution in [2.75, 3.05) is 19.6 Å². The van der Waals surface area contributed by atoms with Crippen LogP contribution in [0, 0.1) is 0 Å². The predicted molar refractivity (Wildman–Crippen MR) is 92.3 cm³/mol. The maximum atomic E-state index is 12.7. The summed E-state index contributed by atoms with van der Waals surface area (Å²) < 4.78 is 6.78. The SMILES string of the molecule is CCN1C(=O)CC(c2cnn(C)c2)C12CCN(C(=O)c1ccno1)CC2. The Hall–Kier alpha value is -2.64. The Morgan fingerprint density at radius 1 is 1.38 bits per heavy atom. The second-order valence-electron chi connectivity index (χ2n) is 7.11. The third-order valence-corrected chi connectivity index (χ3v) is 5.87. The van der Waals surface area contributed by atoms with Crippen molar-refractivity contribution < 1.29 is 14.1 Å². The summed E-state index contributed by atoms with van der Waals surface area (Å²) in [5, 5.41) is 7.91. The monoisotopic (exact) mass is 357 g/mol. The molecule has 0 aromatic carbocycles. The lowest BCUT2D eigenvalue weighted by Gasteiger charge is -2.47. The van der Waals surface area contributed by atoms with E-state index in [0.717, 1.165) is 18.4 Å². The van der Waals surface area contributed by atoms with Gasteiger partial charge in [-0.05, 0) is 25.3 Å². The van der Waals surface area contributed by atoms with Crippen LogP contribution in [0.5, 0.6) is 0 Å². The number of likely N-dealkylation sites (tertiary alicyclic amines) is 2. The average Bonchev–Trinajstić information content (AvgIpc) is 3.36. The van der Waals surface area contributed by atoms with Crippen molar-refractivity contribution in [2.24, 2.45) is 7.05 Å². The molecular formula is C18H23N5O3. The first-order chi connectivity index (χ1) is 12.5. The highest BCUT2D eigenvalue weighted by atomic mass is 16.5. The van der Waals surface area contributed by atoms with E-state index < -0.39 is 0 Å². The molecule has 8 heteroatoms. The number of aromatic nitrogens is 3. The molecule has 2 aromatic heterocycles. The van der Waals surface area contributed by atoms with Crippen LogP contribution in [0.4, 0.5) is 0 Å². The first-order valence-corrected chi connectivity index (χ1v) is 9.04. The van der Waals surface area contributed by atoms with Gasteiger partial charge in [0, 0.05) is 51.3 Å². The Kier molecular flexibility index (Phi) is 4.05. The normalized spacial score (nSPS) is 22.4. The molecule has 26 heavy (non-hydrogen) atoms. The lowest BCUT2D eigenvalue weighted by molar-refractivity contribution is -0.132. The molecule has 2 aromatic rings. The molecule has 2 amide bonds. The van der Waals surface area contributed by atoms with Gasteiger partial charge in [0.25, 0.3) is 5.91 Å². The Bertz CT molecular complexity index is 805. The first kappa shape index (κ1) is 16.8. The highest BCUT2D eigenvalue weighted by Gasteiger charge is 2.54. The minimum absolute atomic E-state index is 0.117. The van der Waals surface area contributed by atoms with E-state index in [1.54, 1.807) is 15.6 Å². The lowest BCUT2D eigenvalue weighted by Crippen LogP contribution is -2.56. The quantitative estimate of drug-likeness (QED) is 0.829. The molecule has 0 N–H and O–H groups in total. The Labute approximate surface area is 151 Å². The smallest absolute Gasteiger partial charge is 0.292 e. The van der Waals surface area contributed by atoms with Crippen LogP contribution in [-0.2, 0) is 11.8 Å². The topological polar surface area (TPSA) is 84.5 Å². The molecule has 2 aliphatic rings. The van der Waals surface area contributed by atoms with Crippen molar-refractivity contribution in [1.82, 2.24) is 24.7 Å². The van der Waals surface area contributed by atoms with Crippen LogP contribution >= 0.6 is 0 Å². The van der Waals surface area contributed by atoms with E-state index in [4.69, 9.17) is 4.52 Å². The van der Waals surface area contributed by atoms with Crippen LogP contribution in [0.2, 0.25) is 0 Å². The molecule has 2 aliphatic heterocycles. The van der Waals surface area contributed by atoms with Gasteiger partial charge in [-0.25, -0.2) is 0 Å². The number of aryl methyl sites for hydroxylation is 1. The number of hydrogen-bond donors (Lipinski definition) is 0. The summed E-state index contributed by atoms with van der Waals surface area (Å²) in [5.74, 6) is 0.435. The van der Waals surface area contributed by atoms with Gasteiger partial charge >= 0.3 is 0 Å². The van der Waals surface area contributed by atoms with Crippen LogP contribution in [0.3, 0.4) is 0 Å². The maximum Gasteiger partial charge on any atom is 0.292 e. The number of rotatable bonds is 3. The molecule has 0 aliphatic carbocycles. The number of nitrogens with zero attached hydrogens (tertiary/aromatic N) is 5. The summed E-state index contributed by atoms with van der Waals surface area (Å²) in [6.45, 7) is 3.91. The third kappa shape index (κ3) is 2.51. The fourth-order valence-corrected chi connectivity index (χ4v) is 4.65. The molecule has 0 bridgehead atoms. The van der Waals surface area contributed by atoms with Crippen molar-refractivity contribution >= 4 is 11.8 Å². The van der Waals surface area contributed by atoms with Gasteiger partial charge in [0.15, 0.2) is 0 Å². The summed E-state index contributed by atoms with van der Waals surface area (Å²) >= 11 is 0. The van der Waals surface area contributed by atoms with Gasteiger partial charge in [-0.15, -0.1) is 0 Å². The van der Waals surface area contributed by atoms with Crippen LogP contribution in [0.25, 0.3) is 0 Å². The van der Waals surface area contributed by atoms with E-state index in [-0.39, 0.29) is 29.0 Å². The van der Waals surface area contributed by atoms with Gasteiger partial charge in [-0.2, -0.15) is 5.10 Å². The summed E-state index contributed by atoms with van der Waals surface area (Å²) in [6, 6.07) is 1.59. The Balaban J connectivity index is 1.59. The third-order valence-electron chi connectivity index (χ3n) is 5.87. The second kappa shape index (κ2) is 6.26. The molecule has 1 atom stereocenters. The molecule has 1 spiro atoms. The molecule has 0 radical (unpaired) electrons. The van der Waals surface area contributed by atoms with Crippen LogP contribution in [-0.4, -0.2) is 61.7 Å². The number of piperidine rings is 1. The van der Waals surface area contributed by atoms with E-state index in [1.807, 2.05) is 31.3 Å². The predicted octanol–water partition coefficient (Wildman–Crippen LogP) is 1.42. The van der Waals surface area contributed by atoms with Gasteiger partial charge in [-0.3, -0.25) is 14.3 Å². The molecule has 2 saturated heterocycles. The van der Waals surface area contributed by atoms with Crippen molar-refractivity contribution in [1.29, 1.82) is 0 Å². The molecule has 8 nitrogen and oxygen atoms in total. The largest absolute Gasteiger partial charge is 0.351 e. The van der Waals surface area contributed by atoms with Crippen LogP contribution < -0.4 is 0 Å². The number of amides is 2. The van der Waals surface area contributed by atoms with Gasteiger partial charge < -0.3 is 14.3 Å². The fourth-order valence-electron chi connectivity index (χ4n) is 4.65. The number of likely N-dealkylation sites (N-methyl/N-ethyl adjacent to an activating group) is 1. The number of carbonyl (C=O) groups excluding carboxylic acids is 2. The molecule has 4 heterocycles. The lowest BCUT2D eigenvalue weighted by atomic mass is 9.74. The van der Waals surface area contributed by atoms with Gasteiger partial charge in [0.2, 0.25) is 11.7 Å². The zero-order valence-corrected chi connectivity index (χ0v) is 15.1. The van der Waals surface area contributed by atoms with E-state index in [1.165, 1.54) is 6.20 Å². The number of hydrogen-bond acceptors (Lipinski definition) is 5. The summed E-state index contributed by atoms with van der Waals surface area (Å²) in [6.07, 6.45) is 7.37.